The van der Waals surface area contributed by atoms with Gasteiger partial charge in [-0.15, -0.1) is 0 Å². The highest BCUT2D eigenvalue weighted by atomic mass is 16.3. The van der Waals surface area contributed by atoms with Gasteiger partial charge in [0.15, 0.2) is 5.60 Å². The molecule has 2 aromatic rings. The molecule has 3 N–H and O–H groups in total. The van der Waals surface area contributed by atoms with Crippen molar-refractivity contribution in [2.45, 2.75) is 51.2 Å². The number of carbonyl (C=O) groups excluding carboxylic acids is 3. The van der Waals surface area contributed by atoms with Crippen LogP contribution in [0.25, 0.3) is 0 Å². The number of carbonyl (C=O) groups is 3. The van der Waals surface area contributed by atoms with Crippen LogP contribution in [0.15, 0.2) is 30.6 Å². The molecule has 0 bridgehead atoms. The second-order valence-corrected chi connectivity index (χ2v) is 10.5. The number of aromatic nitrogens is 2. The summed E-state index contributed by atoms with van der Waals surface area (Å²) in [6, 6.07) is 7.16. The molecular formula is C27H35N7O4. The van der Waals surface area contributed by atoms with E-state index in [9.17, 15) is 19.5 Å². The maximum absolute atomic E-state index is 13.8. The number of hydrogen-bond acceptors (Lipinski definition) is 8. The summed E-state index contributed by atoms with van der Waals surface area (Å²) in [5.74, 6) is 0.530. The summed E-state index contributed by atoms with van der Waals surface area (Å²) < 4.78 is 0. The van der Waals surface area contributed by atoms with Gasteiger partial charge >= 0.3 is 0 Å². The number of nitrogens with zero attached hydrogens (tertiary/aromatic N) is 5. The normalized spacial score (nSPS) is 21.1. The molecule has 0 radical (unpaired) electrons. The standard InChI is InChI=1S/C27H35N7O4/c1-17(2)28-15-27(38,19-6-8-20(9-7-19)34-10-4-5-21(34)35)26(37)33-13-11-32(12-14-33)24-22-18(3)25(36)31-23(22)29-16-30-24/h6-9,16-18,28,38H,4-5,10-15H2,1-3H3,(H,29,30,31,36)/t18?,27-/m0/s1. The van der Waals surface area contributed by atoms with E-state index in [2.05, 4.69) is 25.5 Å². The number of aliphatic hydroxyl groups is 1. The minimum absolute atomic E-state index is 0.0659. The highest BCUT2D eigenvalue weighted by molar-refractivity contribution is 6.03. The van der Waals surface area contributed by atoms with Crippen LogP contribution in [-0.2, 0) is 20.0 Å². The Morgan fingerprint density at radius 3 is 2.47 bits per heavy atom. The van der Waals surface area contributed by atoms with Crippen LogP contribution in [-0.4, -0.2) is 83.0 Å². The Bertz CT molecular complexity index is 1230. The summed E-state index contributed by atoms with van der Waals surface area (Å²) in [4.78, 5) is 52.3. The van der Waals surface area contributed by atoms with E-state index in [1.165, 1.54) is 6.33 Å². The van der Waals surface area contributed by atoms with Crippen LogP contribution in [0.4, 0.5) is 17.3 Å². The van der Waals surface area contributed by atoms with Crippen LogP contribution < -0.4 is 20.4 Å². The fraction of sp³-hybridized carbons (Fsp3) is 0.519. The SMILES string of the molecule is CC(C)NC[C@@](O)(C(=O)N1CCN(c2ncnc3c2C(C)C(=O)N3)CC1)c1ccc(N2CCCC2=O)cc1. The summed E-state index contributed by atoms with van der Waals surface area (Å²) in [6.07, 6.45) is 2.81. The second kappa shape index (κ2) is 10.3. The lowest BCUT2D eigenvalue weighted by atomic mass is 9.91. The van der Waals surface area contributed by atoms with E-state index in [1.807, 2.05) is 20.8 Å². The van der Waals surface area contributed by atoms with E-state index in [4.69, 9.17) is 0 Å². The number of benzene rings is 1. The first kappa shape index (κ1) is 26.1. The molecule has 2 atom stereocenters. The molecule has 11 heteroatoms. The van der Waals surface area contributed by atoms with Gasteiger partial charge in [-0.25, -0.2) is 9.97 Å². The predicted molar refractivity (Wildman–Crippen MR) is 143 cm³/mol. The van der Waals surface area contributed by atoms with Crippen LogP contribution in [0.1, 0.15) is 50.7 Å². The Hall–Kier alpha value is -3.57. The third-order valence-electron chi connectivity index (χ3n) is 7.65. The van der Waals surface area contributed by atoms with Gasteiger partial charge < -0.3 is 30.4 Å². The van der Waals surface area contributed by atoms with Gasteiger partial charge in [0.05, 0.1) is 5.92 Å². The van der Waals surface area contributed by atoms with Gasteiger partial charge in [0, 0.05) is 63.0 Å². The first-order chi connectivity index (χ1) is 18.2. The van der Waals surface area contributed by atoms with Gasteiger partial charge in [0.25, 0.3) is 5.91 Å². The number of hydrogen-bond donors (Lipinski definition) is 3. The van der Waals surface area contributed by atoms with Crippen LogP contribution in [0.2, 0.25) is 0 Å². The van der Waals surface area contributed by atoms with Gasteiger partial charge in [-0.2, -0.15) is 0 Å². The van der Waals surface area contributed by atoms with Gasteiger partial charge in [-0.3, -0.25) is 14.4 Å². The minimum atomic E-state index is -1.76. The second-order valence-electron chi connectivity index (χ2n) is 10.5. The maximum atomic E-state index is 13.8. The lowest BCUT2D eigenvalue weighted by molar-refractivity contribution is -0.152. The van der Waals surface area contributed by atoms with Crippen molar-refractivity contribution >= 4 is 35.0 Å². The molecule has 0 spiro atoms. The molecule has 11 nitrogen and oxygen atoms in total. The quantitative estimate of drug-likeness (QED) is 0.495. The molecule has 3 aliphatic rings. The number of nitrogens with one attached hydrogen (secondary N) is 2. The van der Waals surface area contributed by atoms with Crippen molar-refractivity contribution < 1.29 is 19.5 Å². The van der Waals surface area contributed by atoms with Crippen molar-refractivity contribution in [1.82, 2.24) is 20.2 Å². The summed E-state index contributed by atoms with van der Waals surface area (Å²) >= 11 is 0. The molecule has 2 fully saturated rings. The molecular weight excluding hydrogens is 486 g/mol. The van der Waals surface area contributed by atoms with Crippen molar-refractivity contribution in [2.75, 3.05) is 54.4 Å². The monoisotopic (exact) mass is 521 g/mol. The topological polar surface area (TPSA) is 131 Å². The minimum Gasteiger partial charge on any atom is -0.374 e. The third kappa shape index (κ3) is 4.71. The van der Waals surface area contributed by atoms with E-state index in [1.54, 1.807) is 34.1 Å². The summed E-state index contributed by atoms with van der Waals surface area (Å²) in [7, 11) is 0. The fourth-order valence-corrected chi connectivity index (χ4v) is 5.37. The smallest absolute Gasteiger partial charge is 0.260 e. The molecule has 3 amide bonds. The molecule has 202 valence electrons. The molecule has 3 aliphatic heterocycles. The highest BCUT2D eigenvalue weighted by Gasteiger charge is 2.42. The van der Waals surface area contributed by atoms with Crippen LogP contribution in [0.5, 0.6) is 0 Å². The van der Waals surface area contributed by atoms with Gasteiger partial charge in [0.1, 0.15) is 18.0 Å². The van der Waals surface area contributed by atoms with Crippen molar-refractivity contribution in [3.8, 4) is 0 Å². The number of rotatable bonds is 7. The largest absolute Gasteiger partial charge is 0.374 e. The zero-order valence-electron chi connectivity index (χ0n) is 22.1. The van der Waals surface area contributed by atoms with Crippen molar-refractivity contribution in [1.29, 1.82) is 0 Å². The Kier molecular flexibility index (Phi) is 7.06. The third-order valence-corrected chi connectivity index (χ3v) is 7.65. The van der Waals surface area contributed by atoms with Gasteiger partial charge in [-0.1, -0.05) is 26.0 Å². The van der Waals surface area contributed by atoms with Gasteiger partial charge in [-0.05, 0) is 31.0 Å². The van der Waals surface area contributed by atoms with Crippen LogP contribution >= 0.6 is 0 Å². The number of anilines is 3. The average Bonchev–Trinajstić information content (AvgIpc) is 3.49. The van der Waals surface area contributed by atoms with Crippen LogP contribution in [0, 0.1) is 0 Å². The fourth-order valence-electron chi connectivity index (χ4n) is 5.37. The van der Waals surface area contributed by atoms with Crippen LogP contribution in [0.3, 0.4) is 0 Å². The molecule has 1 aromatic heterocycles. The Balaban J connectivity index is 1.33. The molecule has 0 saturated carbocycles. The zero-order valence-corrected chi connectivity index (χ0v) is 22.1. The van der Waals surface area contributed by atoms with E-state index >= 15 is 0 Å². The molecule has 5 rings (SSSR count). The Morgan fingerprint density at radius 2 is 1.84 bits per heavy atom. The number of fused-ring (bicyclic) bond motifs is 1. The first-order valence-corrected chi connectivity index (χ1v) is 13.3. The maximum Gasteiger partial charge on any atom is 0.260 e. The highest BCUT2D eigenvalue weighted by Crippen LogP contribution is 2.37. The lowest BCUT2D eigenvalue weighted by Gasteiger charge is -2.40. The van der Waals surface area contributed by atoms with Crippen molar-refractivity contribution in [3.05, 3.63) is 41.7 Å². The van der Waals surface area contributed by atoms with E-state index in [-0.39, 0.29) is 36.2 Å². The Morgan fingerprint density at radius 1 is 1.13 bits per heavy atom. The summed E-state index contributed by atoms with van der Waals surface area (Å²) in [5, 5.41) is 17.8. The van der Waals surface area contributed by atoms with E-state index in [0.29, 0.717) is 56.3 Å². The molecule has 1 aromatic carbocycles. The zero-order chi connectivity index (χ0) is 27.0. The molecule has 38 heavy (non-hydrogen) atoms. The predicted octanol–water partition coefficient (Wildman–Crippen LogP) is 1.19. The van der Waals surface area contributed by atoms with E-state index < -0.39 is 5.60 Å². The molecule has 1 unspecified atom stereocenters. The first-order valence-electron chi connectivity index (χ1n) is 13.3. The lowest BCUT2D eigenvalue weighted by Crippen LogP contribution is -2.58. The molecule has 0 aliphatic carbocycles. The van der Waals surface area contributed by atoms with Gasteiger partial charge in [0.2, 0.25) is 11.8 Å². The van der Waals surface area contributed by atoms with E-state index in [0.717, 1.165) is 17.7 Å². The summed E-state index contributed by atoms with van der Waals surface area (Å²) in [6.45, 7) is 8.34. The van der Waals surface area contributed by atoms with Crippen molar-refractivity contribution in [3.63, 3.8) is 0 Å². The molecule has 4 heterocycles. The van der Waals surface area contributed by atoms with Crippen molar-refractivity contribution in [2.24, 2.45) is 0 Å². The summed E-state index contributed by atoms with van der Waals surface area (Å²) in [5.41, 5.74) is 0.282. The number of piperazine rings is 1. The number of amides is 3. The molecule has 2 saturated heterocycles. The average molecular weight is 522 g/mol. The Labute approximate surface area is 222 Å².